The average Bonchev–Trinajstić information content (AvgIpc) is 3.10. The number of fused-ring (bicyclic) bond motifs is 1. The fourth-order valence-corrected chi connectivity index (χ4v) is 7.39. The molecule has 0 spiro atoms. The van der Waals surface area contributed by atoms with Crippen LogP contribution in [0.2, 0.25) is 0 Å². The van der Waals surface area contributed by atoms with Crippen LogP contribution in [0.25, 0.3) is 0 Å². The van der Waals surface area contributed by atoms with Gasteiger partial charge in [0.05, 0.1) is 31.8 Å². The molecule has 0 saturated carbocycles. The van der Waals surface area contributed by atoms with E-state index >= 15 is 0 Å². The van der Waals surface area contributed by atoms with Crippen molar-refractivity contribution in [3.05, 3.63) is 23.8 Å². The Morgan fingerprint density at radius 3 is 2.61 bits per heavy atom. The number of nitrogens with zero attached hydrogens (tertiary/aromatic N) is 2. The number of aliphatic imine (C=N–C) groups is 1. The van der Waals surface area contributed by atoms with Crippen LogP contribution in [0.4, 0.5) is 0 Å². The van der Waals surface area contributed by atoms with E-state index in [4.69, 9.17) is 9.47 Å². The lowest BCUT2D eigenvalue weighted by atomic mass is 10.1. The van der Waals surface area contributed by atoms with Crippen LogP contribution in [0.3, 0.4) is 0 Å². The molecule has 2 aliphatic rings. The fraction of sp³-hybridized carbons (Fsp3) is 0.579. The first kappa shape index (κ1) is 21.0. The SMILES string of the molecule is COc1ccc(CCN2C(=NC(=O)C(C)C)S[C@@H]3CS(=O)(=O)C[C@@H]32)cc1OC. The van der Waals surface area contributed by atoms with E-state index in [9.17, 15) is 13.2 Å². The summed E-state index contributed by atoms with van der Waals surface area (Å²) in [6, 6.07) is 5.60. The molecule has 154 valence electrons. The van der Waals surface area contributed by atoms with Crippen molar-refractivity contribution in [2.45, 2.75) is 31.6 Å². The number of carbonyl (C=O) groups is 1. The van der Waals surface area contributed by atoms with Gasteiger partial charge in [-0.3, -0.25) is 4.79 Å². The maximum Gasteiger partial charge on any atom is 0.250 e. The van der Waals surface area contributed by atoms with Gasteiger partial charge in [-0.1, -0.05) is 31.7 Å². The minimum atomic E-state index is -3.05. The first-order valence-electron chi connectivity index (χ1n) is 9.21. The molecule has 2 aliphatic heterocycles. The first-order valence-corrected chi connectivity index (χ1v) is 11.9. The predicted molar refractivity (Wildman–Crippen MR) is 111 cm³/mol. The molecule has 0 bridgehead atoms. The molecule has 0 N–H and O–H groups in total. The van der Waals surface area contributed by atoms with Crippen LogP contribution in [-0.2, 0) is 21.1 Å². The van der Waals surface area contributed by atoms with Crippen LogP contribution in [-0.4, -0.2) is 68.0 Å². The highest BCUT2D eigenvalue weighted by Gasteiger charge is 2.48. The lowest BCUT2D eigenvalue weighted by molar-refractivity contribution is -0.120. The summed E-state index contributed by atoms with van der Waals surface area (Å²) >= 11 is 1.42. The Morgan fingerprint density at radius 2 is 1.96 bits per heavy atom. The summed E-state index contributed by atoms with van der Waals surface area (Å²) in [4.78, 5) is 18.4. The molecule has 2 atom stereocenters. The maximum atomic E-state index is 12.1. The van der Waals surface area contributed by atoms with E-state index in [-0.39, 0.29) is 34.6 Å². The van der Waals surface area contributed by atoms with Gasteiger partial charge in [0.25, 0.3) is 5.91 Å². The Hall–Kier alpha value is -1.74. The summed E-state index contributed by atoms with van der Waals surface area (Å²) in [7, 11) is 0.135. The molecule has 3 rings (SSSR count). The molecule has 7 nitrogen and oxygen atoms in total. The highest BCUT2D eigenvalue weighted by Crippen LogP contribution is 2.38. The zero-order valence-corrected chi connectivity index (χ0v) is 18.2. The Balaban J connectivity index is 1.80. The maximum absolute atomic E-state index is 12.1. The number of amidine groups is 1. The number of hydrogen-bond donors (Lipinski definition) is 0. The number of benzene rings is 1. The van der Waals surface area contributed by atoms with Crippen molar-refractivity contribution < 1.29 is 22.7 Å². The molecule has 9 heteroatoms. The van der Waals surface area contributed by atoms with Gasteiger partial charge < -0.3 is 14.4 Å². The number of rotatable bonds is 6. The number of thioether (sulfide) groups is 1. The monoisotopic (exact) mass is 426 g/mol. The second-order valence-electron chi connectivity index (χ2n) is 7.32. The van der Waals surface area contributed by atoms with Crippen molar-refractivity contribution in [1.29, 1.82) is 0 Å². The molecule has 2 heterocycles. The second-order valence-corrected chi connectivity index (χ2v) is 10.7. The smallest absolute Gasteiger partial charge is 0.250 e. The highest BCUT2D eigenvalue weighted by atomic mass is 32.2. The highest BCUT2D eigenvalue weighted by molar-refractivity contribution is 8.15. The van der Waals surface area contributed by atoms with Crippen LogP contribution < -0.4 is 9.47 Å². The van der Waals surface area contributed by atoms with E-state index in [0.717, 1.165) is 5.56 Å². The number of sulfone groups is 1. The molecule has 1 amide bonds. The molecule has 28 heavy (non-hydrogen) atoms. The Labute approximate surface area is 170 Å². The molecule has 2 saturated heterocycles. The molecule has 0 aromatic heterocycles. The van der Waals surface area contributed by atoms with Gasteiger partial charge in [-0.05, 0) is 24.1 Å². The van der Waals surface area contributed by atoms with Crippen LogP contribution in [0.5, 0.6) is 11.5 Å². The van der Waals surface area contributed by atoms with Crippen LogP contribution in [0, 0.1) is 5.92 Å². The van der Waals surface area contributed by atoms with Gasteiger partial charge in [-0.2, -0.15) is 4.99 Å². The lowest BCUT2D eigenvalue weighted by Gasteiger charge is -2.24. The van der Waals surface area contributed by atoms with Crippen molar-refractivity contribution in [3.63, 3.8) is 0 Å². The molecule has 1 aromatic carbocycles. The standard InChI is InChI=1S/C19H26N2O5S2/c1-12(2)18(22)20-19-21(14-10-28(23,24)11-17(14)27-19)8-7-13-5-6-15(25-3)16(9-13)26-4/h5-6,9,12,14,17H,7-8,10-11H2,1-4H3/t14-,17+/m0/s1. The van der Waals surface area contributed by atoms with Gasteiger partial charge in [-0.25, -0.2) is 8.42 Å². The van der Waals surface area contributed by atoms with Crippen LogP contribution in [0.15, 0.2) is 23.2 Å². The number of hydrogen-bond acceptors (Lipinski definition) is 6. The predicted octanol–water partition coefficient (Wildman–Crippen LogP) is 2.00. The summed E-state index contributed by atoms with van der Waals surface area (Å²) in [5.74, 6) is 1.21. The Kier molecular flexibility index (Phi) is 6.24. The Bertz CT molecular complexity index is 882. The number of carbonyl (C=O) groups excluding carboxylic acids is 1. The minimum Gasteiger partial charge on any atom is -0.493 e. The van der Waals surface area contributed by atoms with Crippen LogP contribution >= 0.6 is 11.8 Å². The van der Waals surface area contributed by atoms with Crippen molar-refractivity contribution in [3.8, 4) is 11.5 Å². The normalized spacial score (nSPS) is 24.6. The minimum absolute atomic E-state index is 0.0610. The van der Waals surface area contributed by atoms with E-state index in [1.54, 1.807) is 14.2 Å². The molecular formula is C19H26N2O5S2. The zero-order chi connectivity index (χ0) is 20.5. The summed E-state index contributed by atoms with van der Waals surface area (Å²) in [5, 5.41) is 0.582. The van der Waals surface area contributed by atoms with Gasteiger partial charge >= 0.3 is 0 Å². The third-order valence-electron chi connectivity index (χ3n) is 4.96. The molecule has 2 fully saturated rings. The second kappa shape index (κ2) is 8.32. The van der Waals surface area contributed by atoms with E-state index in [0.29, 0.717) is 29.6 Å². The van der Waals surface area contributed by atoms with Crippen molar-refractivity contribution in [1.82, 2.24) is 4.90 Å². The molecular weight excluding hydrogens is 400 g/mol. The van der Waals surface area contributed by atoms with E-state index in [1.165, 1.54) is 11.8 Å². The third kappa shape index (κ3) is 4.46. The van der Waals surface area contributed by atoms with Crippen molar-refractivity contribution >= 4 is 32.7 Å². The topological polar surface area (TPSA) is 85.3 Å². The average molecular weight is 427 g/mol. The summed E-state index contributed by atoms with van der Waals surface area (Å²) in [5.41, 5.74) is 1.04. The van der Waals surface area contributed by atoms with E-state index in [2.05, 4.69) is 4.99 Å². The number of amides is 1. The lowest BCUT2D eigenvalue weighted by Crippen LogP contribution is -2.39. The van der Waals surface area contributed by atoms with Crippen molar-refractivity contribution in [2.75, 3.05) is 32.3 Å². The van der Waals surface area contributed by atoms with E-state index < -0.39 is 9.84 Å². The number of methoxy groups -OCH3 is 2. The summed E-state index contributed by atoms with van der Waals surface area (Å²) in [6.45, 7) is 4.21. The number of ether oxygens (including phenoxy) is 2. The van der Waals surface area contributed by atoms with Gasteiger partial charge in [0.15, 0.2) is 26.5 Å². The summed E-state index contributed by atoms with van der Waals surface area (Å²) < 4.78 is 34.8. The summed E-state index contributed by atoms with van der Waals surface area (Å²) in [6.07, 6.45) is 0.680. The van der Waals surface area contributed by atoms with Gasteiger partial charge in [-0.15, -0.1) is 0 Å². The molecule has 0 unspecified atom stereocenters. The van der Waals surface area contributed by atoms with Gasteiger partial charge in [0, 0.05) is 17.7 Å². The molecule has 1 aromatic rings. The van der Waals surface area contributed by atoms with Gasteiger partial charge in [0.2, 0.25) is 0 Å². The van der Waals surface area contributed by atoms with E-state index in [1.807, 2.05) is 36.9 Å². The van der Waals surface area contributed by atoms with Crippen molar-refractivity contribution in [2.24, 2.45) is 10.9 Å². The largest absolute Gasteiger partial charge is 0.493 e. The molecule has 0 aliphatic carbocycles. The zero-order valence-electron chi connectivity index (χ0n) is 16.5. The third-order valence-corrected chi connectivity index (χ3v) is 8.21. The first-order chi connectivity index (χ1) is 13.2. The Morgan fingerprint density at radius 1 is 1.25 bits per heavy atom. The van der Waals surface area contributed by atoms with Gasteiger partial charge in [0.1, 0.15) is 0 Å². The molecule has 0 radical (unpaired) electrons. The fourth-order valence-electron chi connectivity index (χ4n) is 3.41. The van der Waals surface area contributed by atoms with Crippen LogP contribution in [0.1, 0.15) is 19.4 Å². The quantitative estimate of drug-likeness (QED) is 0.688.